The minimum absolute atomic E-state index is 0.186. The van der Waals surface area contributed by atoms with Gasteiger partial charge in [-0.05, 0) is 24.4 Å². The normalized spacial score (nSPS) is 12.7. The molecule has 0 aromatic carbocycles. The molecule has 2 aromatic rings. The first kappa shape index (κ1) is 11.5. The molecule has 84 valence electrons. The van der Waals surface area contributed by atoms with Crippen molar-refractivity contribution in [3.05, 3.63) is 45.1 Å². The van der Waals surface area contributed by atoms with Crippen LogP contribution < -0.4 is 11.3 Å². The molecule has 2 aromatic heterocycles. The van der Waals surface area contributed by atoms with Crippen molar-refractivity contribution in [2.75, 3.05) is 0 Å². The average Bonchev–Trinajstić information content (AvgIpc) is 2.67. The number of aryl methyl sites for hydroxylation is 1. The molecule has 0 aliphatic heterocycles. The lowest BCUT2D eigenvalue weighted by Crippen LogP contribution is -2.29. The van der Waals surface area contributed by atoms with Crippen LogP contribution in [0.25, 0.3) is 0 Å². The molecule has 1 atom stereocenters. The van der Waals surface area contributed by atoms with Gasteiger partial charge in [-0.1, -0.05) is 11.6 Å². The maximum absolute atomic E-state index is 6.07. The van der Waals surface area contributed by atoms with Gasteiger partial charge in [0.05, 0.1) is 16.8 Å². The van der Waals surface area contributed by atoms with Gasteiger partial charge in [-0.15, -0.1) is 11.3 Å². The molecule has 0 aliphatic rings. The lowest BCUT2D eigenvalue weighted by molar-refractivity contribution is 0.625. The number of halogens is 1. The predicted molar refractivity (Wildman–Crippen MR) is 65.3 cm³/mol. The Morgan fingerprint density at radius 3 is 2.88 bits per heavy atom. The third kappa shape index (κ3) is 2.22. The highest BCUT2D eigenvalue weighted by Crippen LogP contribution is 2.31. The van der Waals surface area contributed by atoms with Crippen LogP contribution >= 0.6 is 22.9 Å². The van der Waals surface area contributed by atoms with Gasteiger partial charge >= 0.3 is 0 Å². The number of hydrazine groups is 1. The summed E-state index contributed by atoms with van der Waals surface area (Å²) in [4.78, 5) is 9.35. The first-order valence-electron chi connectivity index (χ1n) is 4.71. The lowest BCUT2D eigenvalue weighted by atomic mass is 10.2. The second-order valence-electron chi connectivity index (χ2n) is 3.26. The van der Waals surface area contributed by atoms with Crippen LogP contribution in [0.4, 0.5) is 0 Å². The van der Waals surface area contributed by atoms with Gasteiger partial charge < -0.3 is 0 Å². The number of thiophene rings is 1. The molecule has 0 spiro atoms. The Kier molecular flexibility index (Phi) is 3.50. The Bertz CT molecular complexity index is 485. The van der Waals surface area contributed by atoms with Crippen LogP contribution in [0.15, 0.2) is 23.7 Å². The molecular weight excluding hydrogens is 244 g/mol. The fourth-order valence-corrected chi connectivity index (χ4v) is 2.68. The van der Waals surface area contributed by atoms with Crippen molar-refractivity contribution in [1.82, 2.24) is 15.4 Å². The van der Waals surface area contributed by atoms with Gasteiger partial charge in [-0.25, -0.2) is 15.4 Å². The van der Waals surface area contributed by atoms with Gasteiger partial charge in [0.15, 0.2) is 0 Å². The molecule has 0 bridgehead atoms. The third-order valence-electron chi connectivity index (χ3n) is 2.17. The summed E-state index contributed by atoms with van der Waals surface area (Å²) < 4.78 is 0. The zero-order valence-corrected chi connectivity index (χ0v) is 10.2. The molecule has 0 amide bonds. The molecule has 0 saturated carbocycles. The van der Waals surface area contributed by atoms with Crippen molar-refractivity contribution in [3.8, 4) is 0 Å². The first-order chi connectivity index (χ1) is 7.72. The van der Waals surface area contributed by atoms with E-state index in [9.17, 15) is 0 Å². The minimum Gasteiger partial charge on any atom is -0.270 e. The monoisotopic (exact) mass is 254 g/mol. The van der Waals surface area contributed by atoms with Crippen molar-refractivity contribution in [3.63, 3.8) is 0 Å². The predicted octanol–water partition coefficient (Wildman–Crippen LogP) is 2.05. The summed E-state index contributed by atoms with van der Waals surface area (Å²) in [5.41, 5.74) is 3.54. The van der Waals surface area contributed by atoms with E-state index in [0.717, 1.165) is 10.6 Å². The van der Waals surface area contributed by atoms with Crippen LogP contribution in [-0.4, -0.2) is 9.97 Å². The number of nitrogens with two attached hydrogens (primary N) is 1. The molecule has 0 aliphatic carbocycles. The van der Waals surface area contributed by atoms with E-state index in [2.05, 4.69) is 15.4 Å². The summed E-state index contributed by atoms with van der Waals surface area (Å²) in [6.45, 7) is 1.84. The summed E-state index contributed by atoms with van der Waals surface area (Å²) in [6.07, 6.45) is 1.71. The topological polar surface area (TPSA) is 63.8 Å². The van der Waals surface area contributed by atoms with Crippen LogP contribution in [0.5, 0.6) is 0 Å². The number of hydrogen-bond donors (Lipinski definition) is 2. The summed E-state index contributed by atoms with van der Waals surface area (Å²) >= 11 is 7.62. The second kappa shape index (κ2) is 4.88. The summed E-state index contributed by atoms with van der Waals surface area (Å²) in [5, 5.41) is 2.62. The van der Waals surface area contributed by atoms with Crippen molar-refractivity contribution in [2.24, 2.45) is 5.84 Å². The quantitative estimate of drug-likeness (QED) is 0.650. The van der Waals surface area contributed by atoms with E-state index in [1.165, 1.54) is 0 Å². The van der Waals surface area contributed by atoms with Crippen molar-refractivity contribution in [2.45, 2.75) is 13.0 Å². The second-order valence-corrected chi connectivity index (χ2v) is 4.62. The molecule has 4 nitrogen and oxygen atoms in total. The molecule has 0 saturated heterocycles. The number of hydrogen-bond acceptors (Lipinski definition) is 5. The highest BCUT2D eigenvalue weighted by molar-refractivity contribution is 7.10. The van der Waals surface area contributed by atoms with Gasteiger partial charge in [0, 0.05) is 11.1 Å². The summed E-state index contributed by atoms with van der Waals surface area (Å²) in [5.74, 6) is 6.27. The Morgan fingerprint density at radius 2 is 2.31 bits per heavy atom. The van der Waals surface area contributed by atoms with Crippen LogP contribution in [0.1, 0.15) is 22.4 Å². The van der Waals surface area contributed by atoms with Gasteiger partial charge in [-0.2, -0.15) is 0 Å². The van der Waals surface area contributed by atoms with Crippen LogP contribution in [-0.2, 0) is 0 Å². The van der Waals surface area contributed by atoms with Gasteiger partial charge in [0.1, 0.15) is 5.82 Å². The Labute approximate surface area is 102 Å². The van der Waals surface area contributed by atoms with Gasteiger partial charge in [0.25, 0.3) is 0 Å². The number of nitrogens with zero attached hydrogens (tertiary/aromatic N) is 2. The molecule has 0 fully saturated rings. The van der Waals surface area contributed by atoms with E-state index >= 15 is 0 Å². The van der Waals surface area contributed by atoms with Crippen molar-refractivity contribution >= 4 is 22.9 Å². The van der Waals surface area contributed by atoms with E-state index in [1.54, 1.807) is 17.5 Å². The zero-order chi connectivity index (χ0) is 11.5. The van der Waals surface area contributed by atoms with E-state index in [0.29, 0.717) is 10.8 Å². The van der Waals surface area contributed by atoms with Crippen molar-refractivity contribution in [1.29, 1.82) is 0 Å². The first-order valence-corrected chi connectivity index (χ1v) is 5.96. The van der Waals surface area contributed by atoms with E-state index in [1.807, 2.05) is 24.4 Å². The fourth-order valence-electron chi connectivity index (χ4n) is 1.44. The molecular formula is C10H11ClN4S. The van der Waals surface area contributed by atoms with Crippen LogP contribution in [0.3, 0.4) is 0 Å². The maximum atomic E-state index is 6.07. The molecule has 16 heavy (non-hydrogen) atoms. The third-order valence-corrected chi connectivity index (χ3v) is 3.59. The van der Waals surface area contributed by atoms with E-state index in [4.69, 9.17) is 17.4 Å². The van der Waals surface area contributed by atoms with E-state index in [-0.39, 0.29) is 6.04 Å². The Morgan fingerprint density at radius 1 is 1.50 bits per heavy atom. The Balaban J connectivity index is 2.40. The average molecular weight is 255 g/mol. The smallest absolute Gasteiger partial charge is 0.125 e. The number of rotatable bonds is 3. The SMILES string of the molecule is Cc1nccc(C(NN)c2sccc2Cl)n1. The van der Waals surface area contributed by atoms with Crippen LogP contribution in [0, 0.1) is 6.92 Å². The summed E-state index contributed by atoms with van der Waals surface area (Å²) in [7, 11) is 0. The van der Waals surface area contributed by atoms with Crippen molar-refractivity contribution < 1.29 is 0 Å². The molecule has 2 rings (SSSR count). The molecule has 2 heterocycles. The molecule has 3 N–H and O–H groups in total. The summed E-state index contributed by atoms with van der Waals surface area (Å²) in [6, 6.07) is 3.49. The van der Waals surface area contributed by atoms with E-state index < -0.39 is 0 Å². The van der Waals surface area contributed by atoms with Crippen LogP contribution in [0.2, 0.25) is 5.02 Å². The molecule has 1 unspecified atom stereocenters. The standard InChI is InChI=1S/C10H11ClN4S/c1-6-13-4-2-8(14-6)9(15-12)10-7(11)3-5-16-10/h2-5,9,15H,12H2,1H3. The minimum atomic E-state index is -0.186. The molecule has 6 heteroatoms. The Hall–Kier alpha value is -1.01. The largest absolute Gasteiger partial charge is 0.270 e. The highest BCUT2D eigenvalue weighted by atomic mass is 35.5. The zero-order valence-electron chi connectivity index (χ0n) is 8.64. The fraction of sp³-hybridized carbons (Fsp3) is 0.200. The molecule has 0 radical (unpaired) electrons. The number of aromatic nitrogens is 2. The van der Waals surface area contributed by atoms with Gasteiger partial charge in [-0.3, -0.25) is 5.84 Å². The number of nitrogens with one attached hydrogen (secondary N) is 1. The lowest BCUT2D eigenvalue weighted by Gasteiger charge is -2.14. The van der Waals surface area contributed by atoms with Gasteiger partial charge in [0.2, 0.25) is 0 Å². The highest BCUT2D eigenvalue weighted by Gasteiger charge is 2.18. The maximum Gasteiger partial charge on any atom is 0.125 e.